The van der Waals surface area contributed by atoms with Crippen molar-refractivity contribution in [3.63, 3.8) is 0 Å². The predicted octanol–water partition coefficient (Wildman–Crippen LogP) is 11.2. The van der Waals surface area contributed by atoms with Gasteiger partial charge in [-0.1, -0.05) is 76.9 Å². The van der Waals surface area contributed by atoms with Gasteiger partial charge in [0.2, 0.25) is 0 Å². The zero-order chi connectivity index (χ0) is 39.3. The van der Waals surface area contributed by atoms with E-state index in [0.29, 0.717) is 18.6 Å². The van der Waals surface area contributed by atoms with Crippen LogP contribution in [0.25, 0.3) is 43.6 Å². The van der Waals surface area contributed by atoms with Gasteiger partial charge in [-0.3, -0.25) is 9.59 Å². The Morgan fingerprint density at radius 3 is 1.53 bits per heavy atom. The number of aliphatic hydroxyl groups excluding tert-OH is 1. The van der Waals surface area contributed by atoms with E-state index < -0.39 is 11.2 Å². The van der Waals surface area contributed by atoms with Crippen LogP contribution in [0.2, 0.25) is 0 Å². The lowest BCUT2D eigenvalue weighted by molar-refractivity contribution is -0.135. The molecule has 2 aromatic heterocycles. The van der Waals surface area contributed by atoms with Crippen LogP contribution in [-0.4, -0.2) is 56.8 Å². The van der Waals surface area contributed by atoms with E-state index in [1.807, 2.05) is 52.0 Å². The second-order valence-electron chi connectivity index (χ2n) is 16.3. The summed E-state index contributed by atoms with van der Waals surface area (Å²) >= 11 is 0. The second-order valence-corrected chi connectivity index (χ2v) is 16.3. The summed E-state index contributed by atoms with van der Waals surface area (Å²) in [6.07, 6.45) is 5.03. The van der Waals surface area contributed by atoms with Crippen LogP contribution in [0.1, 0.15) is 108 Å². The summed E-state index contributed by atoms with van der Waals surface area (Å²) < 4.78 is 17.3. The SMILES string of the molecule is CCCCn1c2ccccc2c2cc(C(=O)CC(C)C(C)(C)OCCOC(C)(CO)C(C)CC(=O)c3ccc4c(c3)c3ccccc3n4CCCC)ccc21. The van der Waals surface area contributed by atoms with Crippen LogP contribution in [0.5, 0.6) is 0 Å². The molecule has 0 amide bonds. The van der Waals surface area contributed by atoms with Crippen molar-refractivity contribution in [3.8, 4) is 0 Å². The summed E-state index contributed by atoms with van der Waals surface area (Å²) in [6.45, 7) is 16.5. The lowest BCUT2D eigenvalue weighted by atomic mass is 9.85. The van der Waals surface area contributed by atoms with E-state index in [2.05, 4.69) is 90.6 Å². The maximum absolute atomic E-state index is 13.7. The molecule has 292 valence electrons. The monoisotopic (exact) mass is 744 g/mol. The molecule has 6 rings (SSSR count). The molecule has 0 radical (unpaired) electrons. The molecular formula is C48H60N2O5. The summed E-state index contributed by atoms with van der Waals surface area (Å²) in [5.74, 6) is -0.171. The fourth-order valence-electron chi connectivity index (χ4n) is 7.89. The maximum Gasteiger partial charge on any atom is 0.163 e. The molecule has 7 nitrogen and oxygen atoms in total. The number of aromatic nitrogens is 2. The molecule has 2 heterocycles. The zero-order valence-electron chi connectivity index (χ0n) is 34.0. The van der Waals surface area contributed by atoms with Gasteiger partial charge in [-0.05, 0) is 94.0 Å². The molecule has 0 saturated heterocycles. The van der Waals surface area contributed by atoms with Crippen molar-refractivity contribution >= 4 is 55.2 Å². The molecule has 4 aromatic carbocycles. The minimum Gasteiger partial charge on any atom is -0.393 e. The minimum absolute atomic E-state index is 0.0281. The molecule has 3 unspecified atom stereocenters. The third-order valence-electron chi connectivity index (χ3n) is 12.2. The number of carbonyl (C=O) groups excluding carboxylic acids is 2. The Labute approximate surface area is 326 Å². The average Bonchev–Trinajstić information content (AvgIpc) is 3.68. The van der Waals surface area contributed by atoms with Gasteiger partial charge in [0.15, 0.2) is 11.6 Å². The highest BCUT2D eigenvalue weighted by Crippen LogP contribution is 2.34. The van der Waals surface area contributed by atoms with Gasteiger partial charge in [-0.15, -0.1) is 0 Å². The first kappa shape index (κ1) is 40.4. The van der Waals surface area contributed by atoms with Crippen molar-refractivity contribution in [1.29, 1.82) is 0 Å². The molecule has 0 aliphatic rings. The number of aliphatic hydroxyl groups is 1. The first-order chi connectivity index (χ1) is 26.4. The summed E-state index contributed by atoms with van der Waals surface area (Å²) in [5.41, 5.74) is 4.59. The minimum atomic E-state index is -0.927. The third-order valence-corrected chi connectivity index (χ3v) is 12.2. The number of hydrogen-bond acceptors (Lipinski definition) is 5. The molecule has 0 aliphatic carbocycles. The molecule has 3 atom stereocenters. The lowest BCUT2D eigenvalue weighted by Gasteiger charge is -2.35. The van der Waals surface area contributed by atoms with Gasteiger partial charge in [0.05, 0.1) is 31.0 Å². The van der Waals surface area contributed by atoms with Crippen molar-refractivity contribution in [2.24, 2.45) is 11.8 Å². The molecule has 7 heteroatoms. The van der Waals surface area contributed by atoms with Crippen LogP contribution in [0, 0.1) is 11.8 Å². The molecule has 0 bridgehead atoms. The van der Waals surface area contributed by atoms with Crippen LogP contribution < -0.4 is 0 Å². The number of ether oxygens (including phenoxy) is 2. The van der Waals surface area contributed by atoms with Crippen molar-refractivity contribution in [2.45, 2.75) is 111 Å². The Morgan fingerprint density at radius 1 is 0.618 bits per heavy atom. The number of para-hydroxylation sites is 2. The Balaban J connectivity index is 1.04. The van der Waals surface area contributed by atoms with Crippen molar-refractivity contribution in [3.05, 3.63) is 96.1 Å². The standard InChI is InChI=1S/C48H60N2O5/c1-8-10-24-49-41-18-14-12-16-37(41)39-30-35(20-22-43(39)49)45(52)28-33(3)47(5,6)54-26-27-55-48(7,32-51)34(4)29-46(53)36-21-23-44-40(31-36)38-17-13-15-19-42(38)50(44)25-11-9-2/h12-23,30-31,33-34,51H,8-11,24-29,32H2,1-7H3. The van der Waals surface area contributed by atoms with Crippen molar-refractivity contribution in [2.75, 3.05) is 19.8 Å². The number of unbranched alkanes of at least 4 members (excludes halogenated alkanes) is 2. The number of nitrogens with zero attached hydrogens (tertiary/aromatic N) is 2. The third kappa shape index (κ3) is 8.45. The van der Waals surface area contributed by atoms with Gasteiger partial charge in [0, 0.05) is 80.7 Å². The topological polar surface area (TPSA) is 82.7 Å². The molecule has 0 saturated carbocycles. The molecule has 55 heavy (non-hydrogen) atoms. The largest absolute Gasteiger partial charge is 0.393 e. The van der Waals surface area contributed by atoms with Crippen LogP contribution in [0.15, 0.2) is 84.9 Å². The summed E-state index contributed by atoms with van der Waals surface area (Å²) in [5, 5.41) is 15.0. The normalized spacial score (nSPS) is 14.5. The Hall–Kier alpha value is -4.30. The molecule has 0 aliphatic heterocycles. The van der Waals surface area contributed by atoms with E-state index in [9.17, 15) is 14.7 Å². The van der Waals surface area contributed by atoms with Gasteiger partial charge in [-0.25, -0.2) is 0 Å². The van der Waals surface area contributed by atoms with E-state index in [0.717, 1.165) is 66.0 Å². The number of ketones is 2. The summed E-state index contributed by atoms with van der Waals surface area (Å²) in [4.78, 5) is 27.3. The second kappa shape index (κ2) is 17.2. The molecular weight excluding hydrogens is 685 g/mol. The summed E-state index contributed by atoms with van der Waals surface area (Å²) in [6, 6.07) is 29.0. The van der Waals surface area contributed by atoms with E-state index in [-0.39, 0.29) is 43.0 Å². The van der Waals surface area contributed by atoms with Crippen molar-refractivity contribution < 1.29 is 24.2 Å². The van der Waals surface area contributed by atoms with E-state index in [1.54, 1.807) is 0 Å². The fraction of sp³-hybridized carbons (Fsp3) is 0.458. The van der Waals surface area contributed by atoms with E-state index >= 15 is 0 Å². The zero-order valence-corrected chi connectivity index (χ0v) is 34.0. The average molecular weight is 745 g/mol. The number of rotatable bonds is 20. The molecule has 0 spiro atoms. The number of hydrogen-bond donors (Lipinski definition) is 1. The first-order valence-corrected chi connectivity index (χ1v) is 20.4. The quantitative estimate of drug-likeness (QED) is 0.0622. The lowest BCUT2D eigenvalue weighted by Crippen LogP contribution is -2.43. The van der Waals surface area contributed by atoms with Gasteiger partial charge in [0.1, 0.15) is 0 Å². The molecule has 6 aromatic rings. The van der Waals surface area contributed by atoms with Crippen LogP contribution in [-0.2, 0) is 22.6 Å². The Kier molecular flexibility index (Phi) is 12.6. The smallest absolute Gasteiger partial charge is 0.163 e. The molecule has 0 fully saturated rings. The van der Waals surface area contributed by atoms with Gasteiger partial charge < -0.3 is 23.7 Å². The first-order valence-electron chi connectivity index (χ1n) is 20.4. The van der Waals surface area contributed by atoms with Crippen LogP contribution >= 0.6 is 0 Å². The number of benzene rings is 4. The van der Waals surface area contributed by atoms with Gasteiger partial charge >= 0.3 is 0 Å². The van der Waals surface area contributed by atoms with E-state index in [1.165, 1.54) is 21.9 Å². The number of Topliss-reactive ketones (excluding diaryl/α,β-unsaturated/α-hetero) is 2. The number of fused-ring (bicyclic) bond motifs is 6. The Morgan fingerprint density at radius 2 is 1.05 bits per heavy atom. The van der Waals surface area contributed by atoms with Crippen LogP contribution in [0.4, 0.5) is 0 Å². The fourth-order valence-corrected chi connectivity index (χ4v) is 7.89. The highest BCUT2D eigenvalue weighted by atomic mass is 16.6. The van der Waals surface area contributed by atoms with Gasteiger partial charge in [0.25, 0.3) is 0 Å². The highest BCUT2D eigenvalue weighted by Gasteiger charge is 2.34. The van der Waals surface area contributed by atoms with Gasteiger partial charge in [-0.2, -0.15) is 0 Å². The highest BCUT2D eigenvalue weighted by molar-refractivity contribution is 6.12. The number of aryl methyl sites for hydroxylation is 2. The predicted molar refractivity (Wildman–Crippen MR) is 226 cm³/mol. The number of carbonyl (C=O) groups is 2. The van der Waals surface area contributed by atoms with Crippen molar-refractivity contribution in [1.82, 2.24) is 9.13 Å². The molecule has 1 N–H and O–H groups in total. The van der Waals surface area contributed by atoms with E-state index in [4.69, 9.17) is 9.47 Å². The Bertz CT molecular complexity index is 2280. The summed E-state index contributed by atoms with van der Waals surface area (Å²) in [7, 11) is 0. The maximum atomic E-state index is 13.7. The van der Waals surface area contributed by atoms with Crippen LogP contribution in [0.3, 0.4) is 0 Å².